The first-order valence-electron chi connectivity index (χ1n) is 9.50. The third-order valence-corrected chi connectivity index (χ3v) is 5.83. The predicted molar refractivity (Wildman–Crippen MR) is 97.3 cm³/mol. The fourth-order valence-corrected chi connectivity index (χ4v) is 4.40. The summed E-state index contributed by atoms with van der Waals surface area (Å²) in [5.41, 5.74) is 4.79. The molecule has 0 saturated carbocycles. The van der Waals surface area contributed by atoms with Gasteiger partial charge in [-0.2, -0.15) is 0 Å². The van der Waals surface area contributed by atoms with Crippen LogP contribution in [0, 0.1) is 5.41 Å². The number of benzene rings is 1. The zero-order valence-electron chi connectivity index (χ0n) is 14.8. The zero-order chi connectivity index (χ0) is 16.4. The summed E-state index contributed by atoms with van der Waals surface area (Å²) < 4.78 is 5.66. The molecule has 1 N–H and O–H groups in total. The van der Waals surface area contributed by atoms with Crippen molar-refractivity contribution in [2.75, 3.05) is 32.8 Å². The minimum atomic E-state index is 0.379. The van der Waals surface area contributed by atoms with Crippen molar-refractivity contribution in [1.82, 2.24) is 10.2 Å². The number of nitrogens with zero attached hydrogens (tertiary/aromatic N) is 2. The van der Waals surface area contributed by atoms with Crippen molar-refractivity contribution in [3.63, 3.8) is 0 Å². The van der Waals surface area contributed by atoms with Crippen LogP contribution in [0.15, 0.2) is 23.2 Å². The van der Waals surface area contributed by atoms with Crippen molar-refractivity contribution in [2.45, 2.75) is 45.6 Å². The minimum Gasteiger partial charge on any atom is -0.381 e. The number of hydrogen-bond donors (Lipinski definition) is 1. The number of nitrogens with one attached hydrogen (secondary N) is 1. The monoisotopic (exact) mass is 327 g/mol. The summed E-state index contributed by atoms with van der Waals surface area (Å²) in [5, 5.41) is 3.49. The number of fused-ring (bicyclic) bond motifs is 1. The largest absolute Gasteiger partial charge is 0.381 e. The van der Waals surface area contributed by atoms with E-state index in [4.69, 9.17) is 9.73 Å². The molecular formula is C20H29N3O. The maximum Gasteiger partial charge on any atom is 0.194 e. The number of hydrogen-bond acceptors (Lipinski definition) is 2. The van der Waals surface area contributed by atoms with Gasteiger partial charge in [-0.15, -0.1) is 0 Å². The topological polar surface area (TPSA) is 36.9 Å². The third-order valence-electron chi connectivity index (χ3n) is 5.83. The van der Waals surface area contributed by atoms with E-state index in [0.29, 0.717) is 5.41 Å². The molecular weight excluding hydrogens is 298 g/mol. The van der Waals surface area contributed by atoms with Crippen LogP contribution < -0.4 is 5.32 Å². The molecule has 0 radical (unpaired) electrons. The number of aryl methyl sites for hydroxylation is 2. The van der Waals surface area contributed by atoms with Crippen molar-refractivity contribution >= 4 is 5.96 Å². The summed E-state index contributed by atoms with van der Waals surface area (Å²) in [6.45, 7) is 7.88. The van der Waals surface area contributed by atoms with Gasteiger partial charge in [0.2, 0.25) is 0 Å². The molecule has 4 nitrogen and oxygen atoms in total. The first kappa shape index (κ1) is 15.9. The Hall–Kier alpha value is -1.55. The van der Waals surface area contributed by atoms with Crippen molar-refractivity contribution in [3.05, 3.63) is 34.9 Å². The molecule has 0 bridgehead atoms. The molecule has 1 aromatic carbocycles. The Bertz CT molecular complexity index is 619. The molecule has 1 spiro atoms. The highest BCUT2D eigenvalue weighted by atomic mass is 16.5. The van der Waals surface area contributed by atoms with Crippen molar-refractivity contribution in [1.29, 1.82) is 0 Å². The van der Waals surface area contributed by atoms with E-state index >= 15 is 0 Å². The van der Waals surface area contributed by atoms with Crippen LogP contribution >= 0.6 is 0 Å². The van der Waals surface area contributed by atoms with E-state index in [1.807, 2.05) is 0 Å². The average molecular weight is 327 g/mol. The second kappa shape index (κ2) is 6.75. The lowest BCUT2D eigenvalue weighted by molar-refractivity contribution is 0.156. The molecule has 2 fully saturated rings. The predicted octanol–water partition coefficient (Wildman–Crippen LogP) is 2.75. The molecule has 1 atom stereocenters. The normalized spacial score (nSPS) is 26.4. The highest BCUT2D eigenvalue weighted by molar-refractivity contribution is 5.80. The Morgan fingerprint density at radius 3 is 3.04 bits per heavy atom. The van der Waals surface area contributed by atoms with E-state index in [0.717, 1.165) is 45.4 Å². The van der Waals surface area contributed by atoms with Gasteiger partial charge in [-0.1, -0.05) is 18.2 Å². The lowest BCUT2D eigenvalue weighted by Crippen LogP contribution is -2.41. The smallest absolute Gasteiger partial charge is 0.194 e. The van der Waals surface area contributed by atoms with Crippen LogP contribution in [0.3, 0.4) is 0 Å². The molecule has 4 heteroatoms. The Kier molecular flexibility index (Phi) is 4.49. The molecule has 2 aliphatic heterocycles. The molecule has 24 heavy (non-hydrogen) atoms. The molecule has 0 aromatic heterocycles. The molecule has 1 aromatic rings. The average Bonchev–Trinajstić information content (AvgIpc) is 3.33. The zero-order valence-corrected chi connectivity index (χ0v) is 14.8. The summed E-state index contributed by atoms with van der Waals surface area (Å²) in [6.07, 6.45) is 6.23. The maximum atomic E-state index is 5.66. The van der Waals surface area contributed by atoms with E-state index in [9.17, 15) is 0 Å². The van der Waals surface area contributed by atoms with Crippen LogP contribution in [-0.2, 0) is 24.1 Å². The molecule has 0 amide bonds. The summed E-state index contributed by atoms with van der Waals surface area (Å²) in [7, 11) is 0. The molecule has 1 aliphatic carbocycles. The molecule has 3 aliphatic rings. The SMILES string of the molecule is CCNC(=NCc1ccc2c(c1)CCC2)N1CCC2(CCOC2)C1. The van der Waals surface area contributed by atoms with E-state index in [2.05, 4.69) is 35.3 Å². The van der Waals surface area contributed by atoms with Crippen LogP contribution in [0.1, 0.15) is 42.9 Å². The number of rotatable bonds is 3. The Morgan fingerprint density at radius 2 is 2.21 bits per heavy atom. The lowest BCUT2D eigenvalue weighted by atomic mass is 9.87. The highest BCUT2D eigenvalue weighted by Gasteiger charge is 2.42. The van der Waals surface area contributed by atoms with Gasteiger partial charge in [0.1, 0.15) is 0 Å². The first-order valence-corrected chi connectivity index (χ1v) is 9.50. The molecule has 4 rings (SSSR count). The Morgan fingerprint density at radius 1 is 1.29 bits per heavy atom. The summed E-state index contributed by atoms with van der Waals surface area (Å²) in [6, 6.07) is 6.93. The second-order valence-corrected chi connectivity index (χ2v) is 7.60. The van der Waals surface area contributed by atoms with Gasteiger partial charge in [-0.05, 0) is 55.7 Å². The minimum absolute atomic E-state index is 0.379. The first-order chi connectivity index (χ1) is 11.8. The van der Waals surface area contributed by atoms with Gasteiger partial charge in [0.15, 0.2) is 5.96 Å². The van der Waals surface area contributed by atoms with E-state index in [1.165, 1.54) is 48.8 Å². The quantitative estimate of drug-likeness (QED) is 0.685. The number of likely N-dealkylation sites (tertiary alicyclic amines) is 1. The van der Waals surface area contributed by atoms with E-state index in [1.54, 1.807) is 0 Å². The summed E-state index contributed by atoms with van der Waals surface area (Å²) in [4.78, 5) is 7.37. The molecule has 130 valence electrons. The fourth-order valence-electron chi connectivity index (χ4n) is 4.40. The second-order valence-electron chi connectivity index (χ2n) is 7.60. The molecule has 2 heterocycles. The van der Waals surface area contributed by atoms with Crippen LogP contribution in [0.5, 0.6) is 0 Å². The Balaban J connectivity index is 1.45. The Labute approximate surface area is 145 Å². The van der Waals surface area contributed by atoms with Crippen molar-refractivity contribution in [3.8, 4) is 0 Å². The highest BCUT2D eigenvalue weighted by Crippen LogP contribution is 2.38. The van der Waals surface area contributed by atoms with Crippen LogP contribution in [0.25, 0.3) is 0 Å². The van der Waals surface area contributed by atoms with Crippen molar-refractivity contribution < 1.29 is 4.74 Å². The van der Waals surface area contributed by atoms with E-state index in [-0.39, 0.29) is 0 Å². The van der Waals surface area contributed by atoms with Crippen molar-refractivity contribution in [2.24, 2.45) is 10.4 Å². The molecule has 1 unspecified atom stereocenters. The summed E-state index contributed by atoms with van der Waals surface area (Å²) in [5.74, 6) is 1.07. The van der Waals surface area contributed by atoms with E-state index < -0.39 is 0 Å². The molecule has 2 saturated heterocycles. The van der Waals surface area contributed by atoms with Gasteiger partial charge < -0.3 is 15.0 Å². The number of aliphatic imine (C=N–C) groups is 1. The van der Waals surface area contributed by atoms with Gasteiger partial charge in [0.25, 0.3) is 0 Å². The third kappa shape index (κ3) is 3.16. The maximum absolute atomic E-state index is 5.66. The van der Waals surface area contributed by atoms with Crippen LogP contribution in [-0.4, -0.2) is 43.7 Å². The van der Waals surface area contributed by atoms with Gasteiger partial charge in [0, 0.05) is 31.7 Å². The number of ether oxygens (including phenoxy) is 1. The standard InChI is InChI=1S/C20H29N3O/c1-2-21-19(23-10-8-20(14-23)9-11-24-15-20)22-13-16-6-7-17-4-3-5-18(17)12-16/h6-7,12H,2-5,8-11,13-15H2,1H3,(H,21,22). The van der Waals surface area contributed by atoms with Gasteiger partial charge in [0.05, 0.1) is 13.2 Å². The van der Waals surface area contributed by atoms with Crippen LogP contribution in [0.2, 0.25) is 0 Å². The number of guanidine groups is 1. The van der Waals surface area contributed by atoms with Gasteiger partial charge in [-0.25, -0.2) is 4.99 Å². The lowest BCUT2D eigenvalue weighted by Gasteiger charge is -2.25. The van der Waals surface area contributed by atoms with Gasteiger partial charge >= 0.3 is 0 Å². The van der Waals surface area contributed by atoms with Gasteiger partial charge in [-0.3, -0.25) is 0 Å². The fraction of sp³-hybridized carbons (Fsp3) is 0.650. The van der Waals surface area contributed by atoms with Crippen LogP contribution in [0.4, 0.5) is 0 Å². The summed E-state index contributed by atoms with van der Waals surface area (Å²) >= 11 is 0.